The van der Waals surface area contributed by atoms with Crippen LogP contribution in [0.25, 0.3) is 0 Å². The first-order valence-electron chi connectivity index (χ1n) is 6.69. The van der Waals surface area contributed by atoms with Gasteiger partial charge in [-0.15, -0.1) is 0 Å². The van der Waals surface area contributed by atoms with Crippen LogP contribution in [0, 0.1) is 0 Å². The number of aliphatic hydroxyl groups is 1. The number of rotatable bonds is 9. The van der Waals surface area contributed by atoms with E-state index in [1.54, 1.807) is 12.1 Å². The molecule has 7 heteroatoms. The Morgan fingerprint density at radius 2 is 1.90 bits per heavy atom. The zero-order valence-electron chi connectivity index (χ0n) is 11.7. The fraction of sp³-hybridized carbons (Fsp3) is 0.538. The van der Waals surface area contributed by atoms with E-state index < -0.39 is 10.0 Å². The van der Waals surface area contributed by atoms with E-state index in [2.05, 4.69) is 10.0 Å². The molecule has 0 saturated heterocycles. The van der Waals surface area contributed by atoms with Crippen LogP contribution in [-0.4, -0.2) is 33.7 Å². The van der Waals surface area contributed by atoms with Crippen molar-refractivity contribution in [3.8, 4) is 0 Å². The number of unbranched alkanes of at least 4 members (excludes halogenated alkanes) is 3. The number of benzene rings is 1. The molecule has 0 aliphatic rings. The number of nitrogen functional groups attached to an aromatic ring is 1. The topological polar surface area (TPSA) is 104 Å². The molecule has 0 saturated carbocycles. The maximum atomic E-state index is 11.9. The average Bonchev–Trinajstić information content (AvgIpc) is 2.44. The van der Waals surface area contributed by atoms with E-state index in [1.807, 2.05) is 0 Å². The van der Waals surface area contributed by atoms with E-state index in [0.717, 1.165) is 25.7 Å². The van der Waals surface area contributed by atoms with Crippen molar-refractivity contribution in [2.45, 2.75) is 30.6 Å². The van der Waals surface area contributed by atoms with Crippen molar-refractivity contribution in [3.63, 3.8) is 0 Å². The summed E-state index contributed by atoms with van der Waals surface area (Å²) in [6, 6.07) is 4.79. The van der Waals surface area contributed by atoms with Gasteiger partial charge < -0.3 is 16.2 Å². The van der Waals surface area contributed by atoms with Gasteiger partial charge in [0.15, 0.2) is 0 Å². The minimum absolute atomic E-state index is 0.162. The lowest BCUT2D eigenvalue weighted by molar-refractivity contribution is 0.283. The molecular formula is C13H23N3O3S. The van der Waals surface area contributed by atoms with Crippen LogP contribution in [0.1, 0.15) is 25.7 Å². The standard InChI is InChI=1S/C13H23N3O3S/c1-15-20(18,19)13-10-11(14)6-7-12(13)16-8-4-2-3-5-9-17/h6-7,10,15-17H,2-5,8-9,14H2,1H3. The third kappa shape index (κ3) is 4.99. The predicted octanol–water partition coefficient (Wildman–Crippen LogP) is 1.14. The molecule has 0 unspecified atom stereocenters. The zero-order chi connectivity index (χ0) is 15.0. The Kier molecular flexibility index (Phi) is 6.77. The molecule has 0 heterocycles. The Morgan fingerprint density at radius 3 is 2.55 bits per heavy atom. The van der Waals surface area contributed by atoms with Crippen molar-refractivity contribution in [1.29, 1.82) is 0 Å². The summed E-state index contributed by atoms with van der Waals surface area (Å²) in [5, 5.41) is 11.8. The van der Waals surface area contributed by atoms with Gasteiger partial charge in [0.1, 0.15) is 4.90 Å². The third-order valence-corrected chi connectivity index (χ3v) is 4.42. The van der Waals surface area contributed by atoms with Crippen LogP contribution >= 0.6 is 0 Å². The first kappa shape index (κ1) is 16.7. The van der Waals surface area contributed by atoms with Gasteiger partial charge in [-0.3, -0.25) is 0 Å². The summed E-state index contributed by atoms with van der Waals surface area (Å²) in [6.07, 6.45) is 3.70. The van der Waals surface area contributed by atoms with Crippen molar-refractivity contribution < 1.29 is 13.5 Å². The van der Waals surface area contributed by atoms with Crippen molar-refractivity contribution >= 4 is 21.4 Å². The monoisotopic (exact) mass is 301 g/mol. The molecule has 0 amide bonds. The SMILES string of the molecule is CNS(=O)(=O)c1cc(N)ccc1NCCCCCCO. The second-order valence-electron chi connectivity index (χ2n) is 4.53. The van der Waals surface area contributed by atoms with Crippen LogP contribution in [-0.2, 0) is 10.0 Å². The molecule has 0 aliphatic heterocycles. The van der Waals surface area contributed by atoms with Crippen molar-refractivity contribution in [2.75, 3.05) is 31.2 Å². The minimum atomic E-state index is -3.53. The first-order chi connectivity index (χ1) is 9.51. The van der Waals surface area contributed by atoms with Gasteiger partial charge in [0.05, 0.1) is 5.69 Å². The highest BCUT2D eigenvalue weighted by atomic mass is 32.2. The lowest BCUT2D eigenvalue weighted by atomic mass is 10.2. The molecule has 0 bridgehead atoms. The van der Waals surface area contributed by atoms with Gasteiger partial charge >= 0.3 is 0 Å². The van der Waals surface area contributed by atoms with E-state index in [9.17, 15) is 8.42 Å². The number of hydrogen-bond acceptors (Lipinski definition) is 5. The lowest BCUT2D eigenvalue weighted by Crippen LogP contribution is -2.20. The number of hydrogen-bond donors (Lipinski definition) is 4. The van der Waals surface area contributed by atoms with Gasteiger partial charge in [-0.05, 0) is 38.1 Å². The molecule has 5 N–H and O–H groups in total. The lowest BCUT2D eigenvalue weighted by Gasteiger charge is -2.12. The molecule has 0 aliphatic carbocycles. The molecule has 0 fully saturated rings. The third-order valence-electron chi connectivity index (χ3n) is 2.96. The van der Waals surface area contributed by atoms with Gasteiger partial charge in [-0.25, -0.2) is 13.1 Å². The van der Waals surface area contributed by atoms with Crippen molar-refractivity contribution in [2.24, 2.45) is 0 Å². The van der Waals surface area contributed by atoms with E-state index in [1.165, 1.54) is 13.1 Å². The summed E-state index contributed by atoms with van der Waals surface area (Å²) in [7, 11) is -2.16. The Labute approximate surface area is 120 Å². The molecule has 1 aromatic carbocycles. The fourth-order valence-electron chi connectivity index (χ4n) is 1.83. The first-order valence-corrected chi connectivity index (χ1v) is 8.17. The van der Waals surface area contributed by atoms with Gasteiger partial charge in [-0.1, -0.05) is 12.8 Å². The fourth-order valence-corrected chi connectivity index (χ4v) is 2.77. The van der Waals surface area contributed by atoms with Crippen molar-refractivity contribution in [1.82, 2.24) is 4.72 Å². The number of nitrogens with one attached hydrogen (secondary N) is 2. The average molecular weight is 301 g/mol. The molecular weight excluding hydrogens is 278 g/mol. The van der Waals surface area contributed by atoms with Gasteiger partial charge in [0.2, 0.25) is 10.0 Å². The molecule has 114 valence electrons. The molecule has 1 rings (SSSR count). The Hall–Kier alpha value is -1.31. The van der Waals surface area contributed by atoms with E-state index in [4.69, 9.17) is 10.8 Å². The highest BCUT2D eigenvalue weighted by Crippen LogP contribution is 2.23. The van der Waals surface area contributed by atoms with Gasteiger partial charge in [0, 0.05) is 18.8 Å². The molecule has 0 spiro atoms. The molecule has 0 atom stereocenters. The Bertz CT molecular complexity index is 518. The minimum Gasteiger partial charge on any atom is -0.399 e. The maximum absolute atomic E-state index is 11.9. The van der Waals surface area contributed by atoms with Crippen LogP contribution in [0.4, 0.5) is 11.4 Å². The Morgan fingerprint density at radius 1 is 1.20 bits per heavy atom. The number of aliphatic hydroxyl groups excluding tert-OH is 1. The van der Waals surface area contributed by atoms with Gasteiger partial charge in [-0.2, -0.15) is 0 Å². The summed E-state index contributed by atoms with van der Waals surface area (Å²) >= 11 is 0. The quantitative estimate of drug-likeness (QED) is 0.404. The van der Waals surface area contributed by atoms with Crippen molar-refractivity contribution in [3.05, 3.63) is 18.2 Å². The summed E-state index contributed by atoms with van der Waals surface area (Å²) in [6.45, 7) is 0.900. The number of nitrogens with two attached hydrogens (primary N) is 1. The normalized spacial score (nSPS) is 11.5. The largest absolute Gasteiger partial charge is 0.399 e. The van der Waals surface area contributed by atoms with Crippen LogP contribution in [0.2, 0.25) is 0 Å². The number of sulfonamides is 1. The zero-order valence-corrected chi connectivity index (χ0v) is 12.5. The molecule has 6 nitrogen and oxygen atoms in total. The van der Waals surface area contributed by atoms with E-state index in [-0.39, 0.29) is 11.5 Å². The maximum Gasteiger partial charge on any atom is 0.242 e. The molecule has 0 radical (unpaired) electrons. The summed E-state index contributed by atoms with van der Waals surface area (Å²) < 4.78 is 26.1. The highest BCUT2D eigenvalue weighted by Gasteiger charge is 2.16. The molecule has 0 aromatic heterocycles. The summed E-state index contributed by atoms with van der Waals surface area (Å²) in [5.41, 5.74) is 6.61. The van der Waals surface area contributed by atoms with E-state index >= 15 is 0 Å². The molecule has 20 heavy (non-hydrogen) atoms. The Balaban J connectivity index is 2.66. The van der Waals surface area contributed by atoms with Crippen LogP contribution in [0.5, 0.6) is 0 Å². The van der Waals surface area contributed by atoms with Crippen LogP contribution in [0.3, 0.4) is 0 Å². The summed E-state index contributed by atoms with van der Waals surface area (Å²) in [4.78, 5) is 0.162. The number of anilines is 2. The van der Waals surface area contributed by atoms with Crippen LogP contribution < -0.4 is 15.8 Å². The van der Waals surface area contributed by atoms with E-state index in [0.29, 0.717) is 17.9 Å². The van der Waals surface area contributed by atoms with Gasteiger partial charge in [0.25, 0.3) is 0 Å². The second kappa shape index (κ2) is 8.08. The molecule has 1 aromatic rings. The predicted molar refractivity (Wildman–Crippen MR) is 81.1 cm³/mol. The van der Waals surface area contributed by atoms with Crippen LogP contribution in [0.15, 0.2) is 23.1 Å². The second-order valence-corrected chi connectivity index (χ2v) is 6.38. The highest BCUT2D eigenvalue weighted by molar-refractivity contribution is 7.89. The smallest absolute Gasteiger partial charge is 0.242 e. The summed E-state index contributed by atoms with van der Waals surface area (Å²) in [5.74, 6) is 0.